The quantitative estimate of drug-likeness (QED) is 0.678. The summed E-state index contributed by atoms with van der Waals surface area (Å²) in [6.45, 7) is 2.82. The van der Waals surface area contributed by atoms with Gasteiger partial charge in [-0.2, -0.15) is 4.89 Å². The van der Waals surface area contributed by atoms with Crippen LogP contribution in [0.25, 0.3) is 0 Å². The molecule has 2 rings (SSSR count). The molecule has 1 unspecified atom stereocenters. The van der Waals surface area contributed by atoms with E-state index in [-0.39, 0.29) is 17.7 Å². The van der Waals surface area contributed by atoms with Crippen LogP contribution in [-0.4, -0.2) is 40.5 Å². The van der Waals surface area contributed by atoms with Crippen molar-refractivity contribution in [2.75, 3.05) is 13.2 Å². The molecule has 1 heterocycles. The van der Waals surface area contributed by atoms with Crippen molar-refractivity contribution < 1.29 is 24.4 Å². The molecule has 0 spiro atoms. The van der Waals surface area contributed by atoms with Crippen molar-refractivity contribution in [3.8, 4) is 0 Å². The van der Waals surface area contributed by atoms with E-state index in [1.54, 1.807) is 18.2 Å². The van der Waals surface area contributed by atoms with E-state index in [4.69, 9.17) is 9.84 Å². The average Bonchev–Trinajstić information content (AvgIpc) is 2.55. The molecule has 3 N–H and O–H groups in total. The Morgan fingerprint density at radius 3 is 2.87 bits per heavy atom. The summed E-state index contributed by atoms with van der Waals surface area (Å²) >= 11 is 0. The molecule has 7 heteroatoms. The number of benzene rings is 1. The van der Waals surface area contributed by atoms with Crippen molar-refractivity contribution in [2.24, 2.45) is 0 Å². The van der Waals surface area contributed by atoms with Gasteiger partial charge in [0.25, 0.3) is 0 Å². The lowest BCUT2D eigenvalue weighted by molar-refractivity contribution is -0.168. The number of unbranched alkanes of at least 4 members (excludes halogenated alkanes) is 1. The van der Waals surface area contributed by atoms with Crippen LogP contribution in [-0.2, 0) is 4.74 Å². The summed E-state index contributed by atoms with van der Waals surface area (Å²) in [5, 5.41) is 12.9. The maximum atomic E-state index is 11.5. The van der Waals surface area contributed by atoms with E-state index in [9.17, 15) is 14.6 Å². The Kier molecular flexibility index (Phi) is 6.69. The summed E-state index contributed by atoms with van der Waals surface area (Å²) in [6, 6.07) is 6.61. The van der Waals surface area contributed by atoms with E-state index in [1.807, 2.05) is 13.0 Å². The van der Waals surface area contributed by atoms with Gasteiger partial charge in [-0.05, 0) is 24.1 Å². The number of hydrogen-bond donors (Lipinski definition) is 3. The van der Waals surface area contributed by atoms with E-state index in [0.717, 1.165) is 18.4 Å². The first-order chi connectivity index (χ1) is 11.0. The second-order valence-corrected chi connectivity index (χ2v) is 6.70. The Balaban J connectivity index is 2.02. The minimum atomic E-state index is -2.36. The molecule has 0 aliphatic carbocycles. The highest BCUT2D eigenvalue weighted by atomic mass is 31.1. The lowest BCUT2D eigenvalue weighted by Gasteiger charge is -2.30. The fourth-order valence-electron chi connectivity index (χ4n) is 2.63. The highest BCUT2D eigenvalue weighted by molar-refractivity contribution is 7.46. The number of hydrogen-bond acceptors (Lipinski definition) is 5. The lowest BCUT2D eigenvalue weighted by Crippen LogP contribution is -2.45. The van der Waals surface area contributed by atoms with Crippen LogP contribution in [0.4, 0.5) is 0 Å². The predicted molar refractivity (Wildman–Crippen MR) is 87.6 cm³/mol. The molecule has 6 nitrogen and oxygen atoms in total. The highest BCUT2D eigenvalue weighted by Crippen LogP contribution is 2.23. The number of morpholine rings is 1. The molecule has 0 amide bonds. The number of rotatable bonds is 6. The zero-order valence-electron chi connectivity index (χ0n) is 13.1. The van der Waals surface area contributed by atoms with Crippen LogP contribution in [0.2, 0.25) is 0 Å². The largest absolute Gasteiger partial charge is 0.603 e. The van der Waals surface area contributed by atoms with Gasteiger partial charge in [0, 0.05) is 13.0 Å². The van der Waals surface area contributed by atoms with Crippen LogP contribution in [0, 0.1) is 0 Å². The molecule has 0 bridgehead atoms. The monoisotopic (exact) mass is 339 g/mol. The van der Waals surface area contributed by atoms with Crippen molar-refractivity contribution in [1.29, 1.82) is 0 Å². The molecule has 0 aromatic heterocycles. The summed E-state index contributed by atoms with van der Waals surface area (Å²) in [5.74, 6) is -0.964. The van der Waals surface area contributed by atoms with Gasteiger partial charge in [0.05, 0.1) is 18.2 Å². The summed E-state index contributed by atoms with van der Waals surface area (Å²) in [6.07, 6.45) is 2.04. The molecule has 1 aliphatic heterocycles. The number of nitrogens with one attached hydrogen (secondary N) is 1. The molecule has 1 saturated heterocycles. The third-order valence-electron chi connectivity index (χ3n) is 3.95. The Labute approximate surface area is 136 Å². The molecule has 1 aromatic rings. The lowest BCUT2D eigenvalue weighted by atomic mass is 10.0. The van der Waals surface area contributed by atoms with E-state index >= 15 is 0 Å². The van der Waals surface area contributed by atoms with Crippen LogP contribution in [0.5, 0.6) is 0 Å². The number of aromatic carboxylic acids is 1. The molecule has 23 heavy (non-hydrogen) atoms. The Morgan fingerprint density at radius 1 is 1.52 bits per heavy atom. The summed E-state index contributed by atoms with van der Waals surface area (Å²) in [7, 11) is -2.36. The van der Waals surface area contributed by atoms with Gasteiger partial charge in [0.2, 0.25) is 8.00 Å². The molecule has 126 valence electrons. The first-order valence-electron chi connectivity index (χ1n) is 7.73. The number of carbonyl (C=O) groups is 1. The Morgan fingerprint density at radius 2 is 2.30 bits per heavy atom. The minimum absolute atomic E-state index is 0.116. The molecule has 0 saturated carbocycles. The smallest absolute Gasteiger partial charge is 0.335 e. The summed E-state index contributed by atoms with van der Waals surface area (Å²) < 4.78 is 5.78. The normalized spacial score (nSPS) is 22.6. The van der Waals surface area contributed by atoms with Gasteiger partial charge in [-0.3, -0.25) is 0 Å². The standard InChI is InChI=1S/C16H22NO5P/c1-2-3-7-15(23(20)21)14-9-17-13(10-22-14)11-5-4-6-12(8-11)16(18)19/h4-6,8,13-14,17H,2-3,7,9-10H2,1H3,(H,18,19)(H,20,21)/t13-,14-/m0/s1. The molecule has 0 radical (unpaired) electrons. The van der Waals surface area contributed by atoms with E-state index in [2.05, 4.69) is 5.32 Å². The van der Waals surface area contributed by atoms with Crippen molar-refractivity contribution in [1.82, 2.24) is 5.32 Å². The van der Waals surface area contributed by atoms with Crippen molar-refractivity contribution in [3.05, 3.63) is 35.4 Å². The SMILES string of the molecule is CCCCC([C@@H]1CN[C@H](c2cccc(C(=O)O)c2)CO1)=[P+]([O-])O. The topological polar surface area (TPSA) is 102 Å². The van der Waals surface area contributed by atoms with Crippen LogP contribution < -0.4 is 10.2 Å². The van der Waals surface area contributed by atoms with Crippen molar-refractivity contribution in [2.45, 2.75) is 38.3 Å². The molecular weight excluding hydrogens is 317 g/mol. The van der Waals surface area contributed by atoms with Gasteiger partial charge in [-0.1, -0.05) is 25.5 Å². The van der Waals surface area contributed by atoms with Gasteiger partial charge in [-0.25, -0.2) is 4.79 Å². The van der Waals surface area contributed by atoms with Crippen LogP contribution in [0.3, 0.4) is 0 Å². The highest BCUT2D eigenvalue weighted by Gasteiger charge is 2.29. The summed E-state index contributed by atoms with van der Waals surface area (Å²) in [4.78, 5) is 32.0. The number of ether oxygens (including phenoxy) is 1. The molecule has 1 aromatic carbocycles. The molecule has 1 aliphatic rings. The molecular formula is C16H22NO5P. The van der Waals surface area contributed by atoms with Crippen molar-refractivity contribution in [3.63, 3.8) is 0 Å². The fourth-order valence-corrected chi connectivity index (χ4v) is 3.40. The Bertz CT molecular complexity index is 578. The van der Waals surface area contributed by atoms with Gasteiger partial charge < -0.3 is 20.1 Å². The van der Waals surface area contributed by atoms with Gasteiger partial charge in [-0.15, -0.1) is 0 Å². The van der Waals surface area contributed by atoms with E-state index in [0.29, 0.717) is 24.9 Å². The van der Waals surface area contributed by atoms with Crippen LogP contribution in [0.1, 0.15) is 48.1 Å². The number of carboxylic acid groups (broad SMARTS) is 1. The minimum Gasteiger partial charge on any atom is -0.603 e. The second-order valence-electron chi connectivity index (χ2n) is 5.58. The van der Waals surface area contributed by atoms with E-state index in [1.165, 1.54) is 0 Å². The fraction of sp³-hybridized carbons (Fsp3) is 0.500. The van der Waals surface area contributed by atoms with Gasteiger partial charge in [0.15, 0.2) is 5.29 Å². The maximum absolute atomic E-state index is 11.5. The third kappa shape index (κ3) is 4.83. The summed E-state index contributed by atoms with van der Waals surface area (Å²) in [5.41, 5.74) is 1.08. The second kappa shape index (κ2) is 8.52. The van der Waals surface area contributed by atoms with Crippen LogP contribution in [0.15, 0.2) is 24.3 Å². The molecule has 1 fully saturated rings. The number of carboxylic acids is 1. The molecule has 3 atom stereocenters. The zero-order valence-corrected chi connectivity index (χ0v) is 14.0. The van der Waals surface area contributed by atoms with E-state index < -0.39 is 14.0 Å². The van der Waals surface area contributed by atoms with Gasteiger partial charge in [0.1, 0.15) is 6.10 Å². The predicted octanol–water partition coefficient (Wildman–Crippen LogP) is 1.44. The van der Waals surface area contributed by atoms with Gasteiger partial charge >= 0.3 is 5.97 Å². The van der Waals surface area contributed by atoms with Crippen LogP contribution >= 0.6 is 8.00 Å². The average molecular weight is 339 g/mol. The third-order valence-corrected chi connectivity index (χ3v) is 4.96. The maximum Gasteiger partial charge on any atom is 0.335 e. The first-order valence-corrected chi connectivity index (χ1v) is 8.94. The first kappa shape index (κ1) is 18.0. The Hall–Kier alpha value is -1.30. The van der Waals surface area contributed by atoms with Crippen molar-refractivity contribution >= 4 is 19.3 Å². The zero-order chi connectivity index (χ0) is 16.8.